The van der Waals surface area contributed by atoms with Crippen LogP contribution < -0.4 is 4.72 Å². The maximum absolute atomic E-state index is 12.0. The predicted octanol–water partition coefficient (Wildman–Crippen LogP) is 2.23. The van der Waals surface area contributed by atoms with Crippen molar-refractivity contribution in [1.29, 1.82) is 0 Å². The number of hydrogen-bond donors (Lipinski definition) is 1. The lowest BCUT2D eigenvalue weighted by Gasteiger charge is -2.08. The highest BCUT2D eigenvalue weighted by Gasteiger charge is 2.14. The van der Waals surface area contributed by atoms with Gasteiger partial charge in [0.25, 0.3) is 0 Å². The Balaban J connectivity index is 2.70. The van der Waals surface area contributed by atoms with Crippen LogP contribution in [0.4, 0.5) is 0 Å². The Morgan fingerprint density at radius 3 is 2.38 bits per heavy atom. The number of rotatable bonds is 9. The maximum atomic E-state index is 12.0. The number of carbonyl (C=O) groups is 1. The Morgan fingerprint density at radius 2 is 1.86 bits per heavy atom. The molecule has 0 radical (unpaired) electrons. The first-order valence-corrected chi connectivity index (χ1v) is 8.47. The van der Waals surface area contributed by atoms with Crippen LogP contribution in [0.1, 0.15) is 37.0 Å². The van der Waals surface area contributed by atoms with Crippen LogP contribution in [-0.2, 0) is 14.8 Å². The monoisotopic (exact) mass is 313 g/mol. The molecule has 0 fully saturated rings. The number of hydrogen-bond acceptors (Lipinski definition) is 4. The van der Waals surface area contributed by atoms with E-state index in [2.05, 4.69) is 4.72 Å². The summed E-state index contributed by atoms with van der Waals surface area (Å²) in [6, 6.07) is 6.06. The third-order valence-electron chi connectivity index (χ3n) is 2.90. The van der Waals surface area contributed by atoms with Gasteiger partial charge < -0.3 is 4.74 Å². The summed E-state index contributed by atoms with van der Waals surface area (Å²) in [5.74, 6) is 0.311. The summed E-state index contributed by atoms with van der Waals surface area (Å²) >= 11 is 0. The van der Waals surface area contributed by atoms with Gasteiger partial charge >= 0.3 is 0 Å². The first-order valence-electron chi connectivity index (χ1n) is 6.98. The molecule has 0 saturated carbocycles. The second kappa shape index (κ2) is 8.26. The standard InChI is InChI=1S/C15H23NO4S/c1-12(2)11-15(17)13-5-7-14(8-6-13)21(18,19)16-9-4-10-20-3/h5-8,12,16H,4,9-11H2,1-3H3. The molecule has 0 unspecified atom stereocenters. The number of ether oxygens (including phenoxy) is 1. The van der Waals surface area contributed by atoms with Gasteiger partial charge in [-0.2, -0.15) is 0 Å². The Labute approximate surface area is 126 Å². The molecule has 0 aliphatic carbocycles. The molecule has 0 spiro atoms. The van der Waals surface area contributed by atoms with Crippen molar-refractivity contribution in [3.8, 4) is 0 Å². The average molecular weight is 313 g/mol. The highest BCUT2D eigenvalue weighted by Crippen LogP contribution is 2.14. The largest absolute Gasteiger partial charge is 0.385 e. The van der Waals surface area contributed by atoms with Crippen LogP contribution in [0.15, 0.2) is 29.2 Å². The van der Waals surface area contributed by atoms with Crippen LogP contribution in [-0.4, -0.2) is 34.5 Å². The molecule has 1 rings (SSSR count). The Morgan fingerprint density at radius 1 is 1.24 bits per heavy atom. The van der Waals surface area contributed by atoms with E-state index in [-0.39, 0.29) is 16.6 Å². The van der Waals surface area contributed by atoms with E-state index in [4.69, 9.17) is 4.74 Å². The minimum Gasteiger partial charge on any atom is -0.385 e. The SMILES string of the molecule is COCCCNS(=O)(=O)c1ccc(C(=O)CC(C)C)cc1. The van der Waals surface area contributed by atoms with Gasteiger partial charge in [0.15, 0.2) is 5.78 Å². The second-order valence-corrected chi connectivity index (χ2v) is 7.06. The lowest BCUT2D eigenvalue weighted by molar-refractivity contribution is 0.0967. The number of Topliss-reactive ketones (excluding diaryl/α,β-unsaturated/α-hetero) is 1. The topological polar surface area (TPSA) is 72.5 Å². The van der Waals surface area contributed by atoms with E-state index in [1.807, 2.05) is 13.8 Å². The predicted molar refractivity (Wildman–Crippen MR) is 81.9 cm³/mol. The third-order valence-corrected chi connectivity index (χ3v) is 4.37. The van der Waals surface area contributed by atoms with Crippen molar-refractivity contribution in [3.63, 3.8) is 0 Å². The summed E-state index contributed by atoms with van der Waals surface area (Å²) in [4.78, 5) is 12.0. The molecule has 1 aromatic carbocycles. The van der Waals surface area contributed by atoms with E-state index >= 15 is 0 Å². The number of benzene rings is 1. The highest BCUT2D eigenvalue weighted by molar-refractivity contribution is 7.89. The van der Waals surface area contributed by atoms with Gasteiger partial charge in [-0.3, -0.25) is 4.79 Å². The first kappa shape index (κ1) is 17.8. The molecule has 5 nitrogen and oxygen atoms in total. The van der Waals surface area contributed by atoms with E-state index in [0.717, 1.165) is 0 Å². The van der Waals surface area contributed by atoms with Crippen LogP contribution in [0.3, 0.4) is 0 Å². The number of nitrogens with one attached hydrogen (secondary N) is 1. The van der Waals surface area contributed by atoms with Crippen molar-refractivity contribution < 1.29 is 17.9 Å². The minimum absolute atomic E-state index is 0.0296. The molecule has 0 bridgehead atoms. The van der Waals surface area contributed by atoms with Crippen molar-refractivity contribution >= 4 is 15.8 Å². The summed E-state index contributed by atoms with van der Waals surface area (Å²) in [7, 11) is -1.95. The molecule has 0 heterocycles. The van der Waals surface area contributed by atoms with Gasteiger partial charge in [-0.25, -0.2) is 13.1 Å². The molecular formula is C15H23NO4S. The summed E-state index contributed by atoms with van der Waals surface area (Å²) in [5.41, 5.74) is 0.544. The molecule has 21 heavy (non-hydrogen) atoms. The number of ketones is 1. The van der Waals surface area contributed by atoms with Gasteiger partial charge in [0, 0.05) is 32.2 Å². The lowest BCUT2D eigenvalue weighted by Crippen LogP contribution is -2.25. The van der Waals surface area contributed by atoms with E-state index in [1.54, 1.807) is 19.2 Å². The average Bonchev–Trinajstić information content (AvgIpc) is 2.43. The molecule has 0 aliphatic rings. The van der Waals surface area contributed by atoms with E-state index in [0.29, 0.717) is 31.6 Å². The molecule has 0 aliphatic heterocycles. The summed E-state index contributed by atoms with van der Waals surface area (Å²) in [5, 5.41) is 0. The molecule has 1 N–H and O–H groups in total. The van der Waals surface area contributed by atoms with Gasteiger partial charge in [0.2, 0.25) is 10.0 Å². The van der Waals surface area contributed by atoms with E-state index in [9.17, 15) is 13.2 Å². The molecule has 0 amide bonds. The molecule has 1 aromatic rings. The smallest absolute Gasteiger partial charge is 0.240 e. The zero-order valence-electron chi connectivity index (χ0n) is 12.8. The van der Waals surface area contributed by atoms with Gasteiger partial charge in [-0.05, 0) is 24.5 Å². The number of carbonyl (C=O) groups excluding carboxylic acids is 1. The second-order valence-electron chi connectivity index (χ2n) is 5.29. The van der Waals surface area contributed by atoms with Crippen molar-refractivity contribution in [2.45, 2.75) is 31.6 Å². The van der Waals surface area contributed by atoms with E-state index < -0.39 is 10.0 Å². The molecule has 0 aromatic heterocycles. The van der Waals surface area contributed by atoms with Crippen molar-refractivity contribution in [3.05, 3.63) is 29.8 Å². The Bertz CT molecular complexity index is 550. The van der Waals surface area contributed by atoms with Gasteiger partial charge in [-0.15, -0.1) is 0 Å². The van der Waals surface area contributed by atoms with Crippen molar-refractivity contribution in [2.24, 2.45) is 5.92 Å². The van der Waals surface area contributed by atoms with Gasteiger partial charge in [0.1, 0.15) is 0 Å². The van der Waals surface area contributed by atoms with Crippen molar-refractivity contribution in [1.82, 2.24) is 4.72 Å². The maximum Gasteiger partial charge on any atom is 0.240 e. The normalized spacial score (nSPS) is 11.8. The van der Waals surface area contributed by atoms with Gasteiger partial charge in [-0.1, -0.05) is 26.0 Å². The third kappa shape index (κ3) is 5.95. The fraction of sp³-hybridized carbons (Fsp3) is 0.533. The summed E-state index contributed by atoms with van der Waals surface area (Å²) in [6.45, 7) is 4.77. The fourth-order valence-corrected chi connectivity index (χ4v) is 2.89. The van der Waals surface area contributed by atoms with Crippen LogP contribution in [0, 0.1) is 5.92 Å². The molecule has 0 saturated heterocycles. The fourth-order valence-electron chi connectivity index (χ4n) is 1.81. The molecule has 118 valence electrons. The van der Waals surface area contributed by atoms with E-state index in [1.165, 1.54) is 12.1 Å². The summed E-state index contributed by atoms with van der Waals surface area (Å²) < 4.78 is 31.4. The first-order chi connectivity index (χ1) is 9.86. The highest BCUT2D eigenvalue weighted by atomic mass is 32.2. The van der Waals surface area contributed by atoms with Crippen molar-refractivity contribution in [2.75, 3.05) is 20.3 Å². The Kier molecular flexibility index (Phi) is 7.01. The lowest BCUT2D eigenvalue weighted by atomic mass is 10.0. The zero-order valence-corrected chi connectivity index (χ0v) is 13.6. The van der Waals surface area contributed by atoms with Crippen LogP contribution in [0.2, 0.25) is 0 Å². The zero-order chi connectivity index (χ0) is 15.9. The molecular weight excluding hydrogens is 290 g/mol. The molecule has 6 heteroatoms. The van der Waals surface area contributed by atoms with Gasteiger partial charge in [0.05, 0.1) is 4.90 Å². The quantitative estimate of drug-likeness (QED) is 0.560. The number of methoxy groups -OCH3 is 1. The Hall–Kier alpha value is -1.24. The van der Waals surface area contributed by atoms with Crippen LogP contribution in [0.25, 0.3) is 0 Å². The van der Waals surface area contributed by atoms with Crippen LogP contribution >= 0.6 is 0 Å². The summed E-state index contributed by atoms with van der Waals surface area (Å²) in [6.07, 6.45) is 1.07. The molecule has 0 atom stereocenters. The minimum atomic E-state index is -3.52. The number of sulfonamides is 1. The van der Waals surface area contributed by atoms with Crippen LogP contribution in [0.5, 0.6) is 0 Å².